The number of carboxylic acids is 1. The van der Waals surface area contributed by atoms with Crippen molar-refractivity contribution >= 4 is 19.2 Å². The SMILES string of the molecule is CCCCCCCCP(=O)(Nc1ccccc1C(=O)O)OCC. The van der Waals surface area contributed by atoms with E-state index in [9.17, 15) is 14.5 Å². The van der Waals surface area contributed by atoms with Crippen molar-refractivity contribution in [2.45, 2.75) is 52.4 Å². The van der Waals surface area contributed by atoms with Crippen LogP contribution in [-0.4, -0.2) is 23.8 Å². The van der Waals surface area contributed by atoms with E-state index in [0.29, 0.717) is 18.5 Å². The van der Waals surface area contributed by atoms with Gasteiger partial charge in [0.05, 0.1) is 17.9 Å². The van der Waals surface area contributed by atoms with Gasteiger partial charge >= 0.3 is 5.97 Å². The van der Waals surface area contributed by atoms with Crippen molar-refractivity contribution in [1.82, 2.24) is 0 Å². The molecular formula is C17H28NO4P. The molecule has 1 aromatic rings. The molecule has 1 rings (SSSR count). The summed E-state index contributed by atoms with van der Waals surface area (Å²) in [5, 5.41) is 12.1. The van der Waals surface area contributed by atoms with Crippen molar-refractivity contribution < 1.29 is 19.0 Å². The Morgan fingerprint density at radius 2 is 1.78 bits per heavy atom. The Hall–Kier alpha value is -1.32. The Kier molecular flexibility index (Phi) is 8.97. The third-order valence-electron chi connectivity index (χ3n) is 3.59. The molecule has 0 saturated carbocycles. The van der Waals surface area contributed by atoms with Gasteiger partial charge in [0.2, 0.25) is 0 Å². The summed E-state index contributed by atoms with van der Waals surface area (Å²) in [4.78, 5) is 11.3. The molecule has 0 aliphatic carbocycles. The highest BCUT2D eigenvalue weighted by molar-refractivity contribution is 7.60. The molecule has 6 heteroatoms. The van der Waals surface area contributed by atoms with Gasteiger partial charge in [0, 0.05) is 6.16 Å². The first-order valence-electron chi connectivity index (χ1n) is 8.36. The topological polar surface area (TPSA) is 75.6 Å². The minimum Gasteiger partial charge on any atom is -0.478 e. The molecule has 0 aliphatic heterocycles. The highest BCUT2D eigenvalue weighted by Gasteiger charge is 2.24. The molecule has 0 heterocycles. The highest BCUT2D eigenvalue weighted by Crippen LogP contribution is 2.48. The lowest BCUT2D eigenvalue weighted by Gasteiger charge is -2.21. The molecule has 1 unspecified atom stereocenters. The van der Waals surface area contributed by atoms with Crippen LogP contribution >= 0.6 is 7.52 Å². The molecule has 0 aromatic heterocycles. The van der Waals surface area contributed by atoms with Crippen molar-refractivity contribution in [3.8, 4) is 0 Å². The number of hydrogen-bond donors (Lipinski definition) is 2. The Morgan fingerprint density at radius 1 is 1.13 bits per heavy atom. The molecule has 0 fully saturated rings. The molecule has 0 radical (unpaired) electrons. The average Bonchev–Trinajstić information content (AvgIpc) is 2.51. The minimum absolute atomic E-state index is 0.107. The number of nitrogens with one attached hydrogen (secondary N) is 1. The summed E-state index contributed by atoms with van der Waals surface area (Å²) in [6.07, 6.45) is 7.00. The van der Waals surface area contributed by atoms with Crippen LogP contribution in [0.4, 0.5) is 5.69 Å². The van der Waals surface area contributed by atoms with Crippen LogP contribution in [0.5, 0.6) is 0 Å². The number of hydrogen-bond acceptors (Lipinski definition) is 3. The first-order valence-corrected chi connectivity index (χ1v) is 10.2. The standard InChI is InChI=1S/C17H28NO4P/c1-3-5-6-7-8-11-14-23(21,22-4-2)18-16-13-10-9-12-15(16)17(19)20/h9-10,12-13H,3-8,11,14H2,1-2H3,(H,18,21)(H,19,20). The second kappa shape index (κ2) is 10.5. The van der Waals surface area contributed by atoms with E-state index >= 15 is 0 Å². The van der Waals surface area contributed by atoms with E-state index < -0.39 is 13.5 Å². The monoisotopic (exact) mass is 341 g/mol. The summed E-state index contributed by atoms with van der Waals surface area (Å²) in [6.45, 7) is 4.29. The molecule has 0 aliphatic rings. The van der Waals surface area contributed by atoms with Crippen LogP contribution in [0.1, 0.15) is 62.7 Å². The smallest absolute Gasteiger partial charge is 0.337 e. The number of para-hydroxylation sites is 1. The molecule has 0 saturated heterocycles. The summed E-state index contributed by atoms with van der Waals surface area (Å²) in [6, 6.07) is 6.48. The first-order chi connectivity index (χ1) is 11.0. The van der Waals surface area contributed by atoms with Crippen LogP contribution in [0.3, 0.4) is 0 Å². The third-order valence-corrected chi connectivity index (χ3v) is 5.75. The molecule has 2 N–H and O–H groups in total. The lowest BCUT2D eigenvalue weighted by molar-refractivity contribution is 0.0698. The normalized spacial score (nSPS) is 13.5. The fourth-order valence-corrected chi connectivity index (χ4v) is 4.34. The summed E-state index contributed by atoms with van der Waals surface area (Å²) in [5.74, 6) is -1.05. The maximum atomic E-state index is 12.9. The Labute approximate surface area is 138 Å². The second-order valence-corrected chi connectivity index (χ2v) is 7.82. The lowest BCUT2D eigenvalue weighted by Crippen LogP contribution is -2.09. The van der Waals surface area contributed by atoms with E-state index in [2.05, 4.69) is 12.0 Å². The zero-order valence-electron chi connectivity index (χ0n) is 14.1. The number of aromatic carboxylic acids is 1. The van der Waals surface area contributed by atoms with Gasteiger partial charge in [0.15, 0.2) is 0 Å². The second-order valence-electron chi connectivity index (χ2n) is 5.55. The maximum Gasteiger partial charge on any atom is 0.337 e. The van der Waals surface area contributed by atoms with Crippen LogP contribution in [0.25, 0.3) is 0 Å². The van der Waals surface area contributed by atoms with Gasteiger partial charge in [-0.15, -0.1) is 0 Å². The van der Waals surface area contributed by atoms with Crippen molar-refractivity contribution in [3.05, 3.63) is 29.8 Å². The predicted molar refractivity (Wildman–Crippen MR) is 94.5 cm³/mol. The number of benzene rings is 1. The zero-order chi connectivity index (χ0) is 17.1. The summed E-state index contributed by atoms with van der Waals surface area (Å²) >= 11 is 0. The van der Waals surface area contributed by atoms with Crippen molar-refractivity contribution in [3.63, 3.8) is 0 Å². The van der Waals surface area contributed by atoms with Gasteiger partial charge in [-0.25, -0.2) is 4.79 Å². The van der Waals surface area contributed by atoms with Gasteiger partial charge < -0.3 is 14.7 Å². The minimum atomic E-state index is -3.08. The van der Waals surface area contributed by atoms with Crippen LogP contribution in [0, 0.1) is 0 Å². The van der Waals surface area contributed by atoms with Crippen molar-refractivity contribution in [2.75, 3.05) is 17.9 Å². The van der Waals surface area contributed by atoms with Crippen molar-refractivity contribution in [1.29, 1.82) is 0 Å². The number of carboxylic acid groups (broad SMARTS) is 1. The van der Waals surface area contributed by atoms with Gasteiger partial charge in [0.25, 0.3) is 7.52 Å². The molecule has 130 valence electrons. The fraction of sp³-hybridized carbons (Fsp3) is 0.588. The third kappa shape index (κ3) is 7.19. The average molecular weight is 341 g/mol. The van der Waals surface area contributed by atoms with E-state index in [4.69, 9.17) is 4.52 Å². The summed E-state index contributed by atoms with van der Waals surface area (Å²) < 4.78 is 18.4. The number of anilines is 1. The summed E-state index contributed by atoms with van der Waals surface area (Å²) in [5.41, 5.74) is 0.457. The number of unbranched alkanes of at least 4 members (excludes halogenated alkanes) is 5. The van der Waals surface area contributed by atoms with Gasteiger partial charge in [-0.05, 0) is 25.5 Å². The molecule has 1 atom stereocenters. The van der Waals surface area contributed by atoms with Crippen LogP contribution in [0.2, 0.25) is 0 Å². The van der Waals surface area contributed by atoms with E-state index in [0.717, 1.165) is 19.3 Å². The van der Waals surface area contributed by atoms with Gasteiger partial charge in [0.1, 0.15) is 0 Å². The molecule has 23 heavy (non-hydrogen) atoms. The predicted octanol–water partition coefficient (Wildman–Crippen LogP) is 5.39. The van der Waals surface area contributed by atoms with Crippen LogP contribution in [0.15, 0.2) is 24.3 Å². The first kappa shape index (κ1) is 19.7. The lowest BCUT2D eigenvalue weighted by atomic mass is 10.1. The van der Waals surface area contributed by atoms with E-state index in [-0.39, 0.29) is 5.56 Å². The Bertz CT molecular complexity index is 533. The highest BCUT2D eigenvalue weighted by atomic mass is 31.2. The van der Waals surface area contributed by atoms with Crippen LogP contribution < -0.4 is 5.09 Å². The molecule has 1 aromatic carbocycles. The molecule has 0 bridgehead atoms. The van der Waals surface area contributed by atoms with Gasteiger partial charge in [-0.2, -0.15) is 0 Å². The Morgan fingerprint density at radius 3 is 2.43 bits per heavy atom. The Balaban J connectivity index is 2.66. The van der Waals surface area contributed by atoms with Gasteiger partial charge in [-0.1, -0.05) is 51.2 Å². The maximum absolute atomic E-state index is 12.9. The largest absolute Gasteiger partial charge is 0.478 e. The molecular weight excluding hydrogens is 313 g/mol. The zero-order valence-corrected chi connectivity index (χ0v) is 15.0. The van der Waals surface area contributed by atoms with E-state index in [1.54, 1.807) is 25.1 Å². The van der Waals surface area contributed by atoms with E-state index in [1.165, 1.54) is 25.3 Å². The fourth-order valence-electron chi connectivity index (χ4n) is 2.41. The molecule has 0 spiro atoms. The van der Waals surface area contributed by atoms with E-state index in [1.807, 2.05) is 0 Å². The number of carbonyl (C=O) groups is 1. The number of rotatable bonds is 12. The van der Waals surface area contributed by atoms with Crippen molar-refractivity contribution in [2.24, 2.45) is 0 Å². The van der Waals surface area contributed by atoms with Gasteiger partial charge in [-0.3, -0.25) is 4.57 Å². The molecule has 0 amide bonds. The quantitative estimate of drug-likeness (QED) is 0.394. The summed E-state index contributed by atoms with van der Waals surface area (Å²) in [7, 11) is -3.08. The van der Waals surface area contributed by atoms with Crippen LogP contribution in [-0.2, 0) is 9.09 Å². The molecule has 5 nitrogen and oxygen atoms in total.